The van der Waals surface area contributed by atoms with Crippen LogP contribution >= 0.6 is 0 Å². The predicted octanol–water partition coefficient (Wildman–Crippen LogP) is 4.83. The van der Waals surface area contributed by atoms with E-state index in [9.17, 15) is 22.8 Å². The van der Waals surface area contributed by atoms with Crippen molar-refractivity contribution in [2.45, 2.75) is 32.0 Å². The molecule has 0 saturated carbocycles. The Morgan fingerprint density at radius 2 is 1.91 bits per heavy atom. The molecule has 0 aromatic heterocycles. The van der Waals surface area contributed by atoms with Crippen LogP contribution in [0.3, 0.4) is 0 Å². The van der Waals surface area contributed by atoms with Gasteiger partial charge in [-0.15, -0.1) is 0 Å². The first-order valence-electron chi connectivity index (χ1n) is 13.8. The number of rotatable bonds is 13. The Morgan fingerprint density at radius 1 is 1.14 bits per heavy atom. The molecule has 2 unspecified atom stereocenters. The highest BCUT2D eigenvalue weighted by Gasteiger charge is 2.32. The lowest BCUT2D eigenvalue weighted by atomic mass is 9.91. The van der Waals surface area contributed by atoms with E-state index in [4.69, 9.17) is 23.8 Å². The number of oxime groups is 1. The van der Waals surface area contributed by atoms with Crippen LogP contribution in [0.25, 0.3) is 0 Å². The second-order valence-electron chi connectivity index (χ2n) is 9.75. The summed E-state index contributed by atoms with van der Waals surface area (Å²) in [6, 6.07) is 12.3. The second kappa shape index (κ2) is 14.7. The number of esters is 1. The zero-order valence-electron chi connectivity index (χ0n) is 23.8. The van der Waals surface area contributed by atoms with E-state index >= 15 is 0 Å². The van der Waals surface area contributed by atoms with Crippen LogP contribution in [0.1, 0.15) is 18.1 Å². The van der Waals surface area contributed by atoms with E-state index < -0.39 is 24.9 Å². The van der Waals surface area contributed by atoms with Crippen LogP contribution in [-0.2, 0) is 36.7 Å². The minimum absolute atomic E-state index is 0.0235. The van der Waals surface area contributed by atoms with Crippen molar-refractivity contribution in [3.8, 4) is 11.5 Å². The fourth-order valence-corrected chi connectivity index (χ4v) is 4.66. The number of nitrogens with zero attached hydrogens (tertiary/aromatic N) is 2. The van der Waals surface area contributed by atoms with Crippen LogP contribution in [0, 0.1) is 5.92 Å². The van der Waals surface area contributed by atoms with E-state index in [1.807, 2.05) is 36.4 Å². The highest BCUT2D eigenvalue weighted by atomic mass is 19.4. The van der Waals surface area contributed by atoms with Gasteiger partial charge in [0.1, 0.15) is 31.8 Å². The standard InChI is InChI=1S/C31H33F3N2O7/c1-3-40-30(38)28(43-20-31(32,33)34)17-21-8-11-24(12-9-21)41-15-14-36-26-13-10-22(18-27(26)42-19-29(36)37)16-23-6-4-5-7-25(23)35-39-2/h4-13,18,23,28H,3,14-17,19-20H2,1-2H3. The normalized spacial score (nSPS) is 17.8. The number of benzene rings is 2. The van der Waals surface area contributed by atoms with Crippen molar-refractivity contribution >= 4 is 23.3 Å². The molecule has 2 aromatic carbocycles. The van der Waals surface area contributed by atoms with E-state index in [0.717, 1.165) is 11.3 Å². The molecule has 0 fully saturated rings. The first-order chi connectivity index (χ1) is 20.7. The molecule has 0 spiro atoms. The van der Waals surface area contributed by atoms with Crippen LogP contribution in [0.5, 0.6) is 11.5 Å². The molecule has 12 heteroatoms. The zero-order chi connectivity index (χ0) is 30.8. The molecular weight excluding hydrogens is 569 g/mol. The SMILES string of the molecule is CCOC(=O)C(Cc1ccc(OCCN2C(=O)COc3cc(CC4C=CC=CC4=NOC)ccc32)cc1)OCC(F)(F)F. The maximum absolute atomic E-state index is 12.7. The third kappa shape index (κ3) is 9.08. The Labute approximate surface area is 247 Å². The lowest BCUT2D eigenvalue weighted by Gasteiger charge is -2.30. The molecule has 2 atom stereocenters. The summed E-state index contributed by atoms with van der Waals surface area (Å²) >= 11 is 0. The largest absolute Gasteiger partial charge is 0.492 e. The van der Waals surface area contributed by atoms with Gasteiger partial charge in [-0.2, -0.15) is 13.2 Å². The van der Waals surface area contributed by atoms with Gasteiger partial charge in [-0.1, -0.05) is 41.6 Å². The number of amides is 1. The highest BCUT2D eigenvalue weighted by molar-refractivity contribution is 5.99. The van der Waals surface area contributed by atoms with Crippen molar-refractivity contribution in [3.05, 3.63) is 77.9 Å². The van der Waals surface area contributed by atoms with Crippen LogP contribution < -0.4 is 14.4 Å². The summed E-state index contributed by atoms with van der Waals surface area (Å²) in [7, 11) is 1.51. The number of carbonyl (C=O) groups excluding carboxylic acids is 2. The van der Waals surface area contributed by atoms with Gasteiger partial charge in [0.15, 0.2) is 12.7 Å². The Morgan fingerprint density at radius 3 is 2.63 bits per heavy atom. The molecular formula is C31H33F3N2O7. The van der Waals surface area contributed by atoms with E-state index in [1.54, 1.807) is 36.1 Å². The zero-order valence-corrected chi connectivity index (χ0v) is 23.8. The van der Waals surface area contributed by atoms with Crippen molar-refractivity contribution in [1.82, 2.24) is 0 Å². The molecule has 1 aliphatic heterocycles. The molecule has 43 heavy (non-hydrogen) atoms. The smallest absolute Gasteiger partial charge is 0.411 e. The first-order valence-corrected chi connectivity index (χ1v) is 13.8. The van der Waals surface area contributed by atoms with Crippen LogP contribution in [-0.4, -0.2) is 70.0 Å². The lowest BCUT2D eigenvalue weighted by Crippen LogP contribution is -2.41. The van der Waals surface area contributed by atoms with Gasteiger partial charge >= 0.3 is 12.1 Å². The Hall–Kier alpha value is -4.32. The van der Waals surface area contributed by atoms with E-state index in [-0.39, 0.29) is 44.6 Å². The van der Waals surface area contributed by atoms with Gasteiger partial charge in [0.05, 0.1) is 24.6 Å². The number of alkyl halides is 3. The predicted molar refractivity (Wildman–Crippen MR) is 152 cm³/mol. The van der Waals surface area contributed by atoms with Crippen LogP contribution in [0.15, 0.2) is 71.9 Å². The minimum atomic E-state index is -4.57. The van der Waals surface area contributed by atoms with Crippen LogP contribution in [0.2, 0.25) is 0 Å². The minimum Gasteiger partial charge on any atom is -0.492 e. The molecule has 230 valence electrons. The quantitative estimate of drug-likeness (QED) is 0.239. The second-order valence-corrected chi connectivity index (χ2v) is 9.75. The molecule has 9 nitrogen and oxygen atoms in total. The molecule has 0 N–H and O–H groups in total. The van der Waals surface area contributed by atoms with Gasteiger partial charge in [0.25, 0.3) is 5.91 Å². The molecule has 0 saturated heterocycles. The van der Waals surface area contributed by atoms with E-state index in [0.29, 0.717) is 29.2 Å². The molecule has 0 bridgehead atoms. The highest BCUT2D eigenvalue weighted by Crippen LogP contribution is 2.34. The summed E-state index contributed by atoms with van der Waals surface area (Å²) in [6.07, 6.45) is 2.47. The number of ether oxygens (including phenoxy) is 4. The first kappa shape index (κ1) is 31.6. The third-order valence-corrected chi connectivity index (χ3v) is 6.65. The maximum atomic E-state index is 12.7. The summed E-state index contributed by atoms with van der Waals surface area (Å²) in [6.45, 7) is 0.396. The number of hydrogen-bond acceptors (Lipinski definition) is 8. The van der Waals surface area contributed by atoms with Crippen LogP contribution in [0.4, 0.5) is 18.9 Å². The molecule has 1 aliphatic carbocycles. The monoisotopic (exact) mass is 602 g/mol. The Kier molecular flexibility index (Phi) is 10.8. The molecule has 1 amide bonds. The number of allylic oxidation sites excluding steroid dienone is 4. The number of anilines is 1. The summed E-state index contributed by atoms with van der Waals surface area (Å²) in [5.41, 5.74) is 3.06. The van der Waals surface area contributed by atoms with Gasteiger partial charge in [-0.3, -0.25) is 4.79 Å². The molecule has 0 radical (unpaired) electrons. The van der Waals surface area contributed by atoms with Gasteiger partial charge in [0.2, 0.25) is 0 Å². The van der Waals surface area contributed by atoms with E-state index in [2.05, 4.69) is 11.2 Å². The Bertz CT molecular complexity index is 1360. The number of carbonyl (C=O) groups is 2. The van der Waals surface area contributed by atoms with Gasteiger partial charge in [-0.05, 0) is 54.8 Å². The average molecular weight is 603 g/mol. The number of fused-ring (bicyclic) bond motifs is 1. The summed E-state index contributed by atoms with van der Waals surface area (Å²) in [4.78, 5) is 31.3. The number of hydrogen-bond donors (Lipinski definition) is 0. The average Bonchev–Trinajstić information content (AvgIpc) is 2.98. The Balaban J connectivity index is 1.33. The van der Waals surface area contributed by atoms with Crippen molar-refractivity contribution in [2.24, 2.45) is 11.1 Å². The molecule has 4 rings (SSSR count). The van der Waals surface area contributed by atoms with E-state index in [1.165, 1.54) is 7.11 Å². The van der Waals surface area contributed by atoms with Gasteiger partial charge in [0, 0.05) is 12.3 Å². The van der Waals surface area contributed by atoms with Crippen molar-refractivity contribution in [1.29, 1.82) is 0 Å². The lowest BCUT2D eigenvalue weighted by molar-refractivity contribution is -0.194. The number of halogens is 3. The van der Waals surface area contributed by atoms with Crippen molar-refractivity contribution in [2.75, 3.05) is 45.0 Å². The summed E-state index contributed by atoms with van der Waals surface area (Å²) in [5, 5.41) is 4.09. The van der Waals surface area contributed by atoms with Gasteiger partial charge in [-0.25, -0.2) is 4.79 Å². The molecule has 2 aromatic rings. The summed E-state index contributed by atoms with van der Waals surface area (Å²) < 4.78 is 59.1. The molecule has 1 heterocycles. The summed E-state index contributed by atoms with van der Waals surface area (Å²) in [5.74, 6) is 0.0887. The third-order valence-electron chi connectivity index (χ3n) is 6.65. The van der Waals surface area contributed by atoms with Crippen molar-refractivity contribution < 1.29 is 46.5 Å². The molecule has 2 aliphatic rings. The van der Waals surface area contributed by atoms with Crippen molar-refractivity contribution in [3.63, 3.8) is 0 Å². The topological polar surface area (TPSA) is 95.9 Å². The van der Waals surface area contributed by atoms with Gasteiger partial charge < -0.3 is 28.7 Å². The maximum Gasteiger partial charge on any atom is 0.411 e. The fourth-order valence-electron chi connectivity index (χ4n) is 4.66. The fraction of sp³-hybridized carbons (Fsp3) is 0.387.